The molecular weight excluding hydrogens is 422 g/mol. The summed E-state index contributed by atoms with van der Waals surface area (Å²) in [6, 6.07) is 14.8. The summed E-state index contributed by atoms with van der Waals surface area (Å²) < 4.78 is 16.6. The maximum Gasteiger partial charge on any atom is 0.319 e. The van der Waals surface area contributed by atoms with Crippen LogP contribution in [-0.2, 0) is 6.61 Å². The second-order valence-corrected chi connectivity index (χ2v) is 7.91. The molecule has 3 heterocycles. The van der Waals surface area contributed by atoms with E-state index in [1.807, 2.05) is 42.5 Å². The number of piperidine rings is 1. The second kappa shape index (κ2) is 9.64. The summed E-state index contributed by atoms with van der Waals surface area (Å²) in [4.78, 5) is 23.2. The van der Waals surface area contributed by atoms with Gasteiger partial charge in [0.25, 0.3) is 0 Å². The van der Waals surface area contributed by atoms with Crippen LogP contribution >= 0.6 is 0 Å². The molecule has 33 heavy (non-hydrogen) atoms. The molecule has 9 heteroatoms. The SMILES string of the molecule is O=C(Nc1cccc(COc2ccc3c(c2)OCO3)c1)NC1CCN(c2ncccn2)CC1. The van der Waals surface area contributed by atoms with E-state index in [1.165, 1.54) is 0 Å². The van der Waals surface area contributed by atoms with Gasteiger partial charge in [0.2, 0.25) is 12.7 Å². The second-order valence-electron chi connectivity index (χ2n) is 7.91. The van der Waals surface area contributed by atoms with Crippen molar-refractivity contribution in [3.63, 3.8) is 0 Å². The Morgan fingerprint density at radius 1 is 1.03 bits per heavy atom. The standard InChI is InChI=1S/C24H25N5O4/c30-24(27-18-7-11-29(12-8-18)23-25-9-2-10-26-23)28-19-4-1-3-17(13-19)15-31-20-5-6-21-22(14-20)33-16-32-21/h1-6,9-10,13-14,18H,7-8,11-12,15-16H2,(H2,27,28,30). The van der Waals surface area contributed by atoms with Gasteiger partial charge < -0.3 is 29.7 Å². The Bertz CT molecular complexity index is 1100. The lowest BCUT2D eigenvalue weighted by Gasteiger charge is -2.32. The van der Waals surface area contributed by atoms with E-state index in [0.29, 0.717) is 18.1 Å². The molecular formula is C24H25N5O4. The number of anilines is 2. The minimum absolute atomic E-state index is 0.113. The molecule has 2 amide bonds. The summed E-state index contributed by atoms with van der Waals surface area (Å²) in [5.74, 6) is 2.84. The largest absolute Gasteiger partial charge is 0.489 e. The molecule has 0 unspecified atom stereocenters. The third-order valence-electron chi connectivity index (χ3n) is 5.60. The number of ether oxygens (including phenoxy) is 3. The summed E-state index contributed by atoms with van der Waals surface area (Å²) >= 11 is 0. The monoisotopic (exact) mass is 447 g/mol. The predicted octanol–water partition coefficient (Wildman–Crippen LogP) is 3.57. The number of nitrogens with one attached hydrogen (secondary N) is 2. The molecule has 0 aliphatic carbocycles. The summed E-state index contributed by atoms with van der Waals surface area (Å²) in [7, 11) is 0. The molecule has 3 aromatic rings. The molecule has 0 radical (unpaired) electrons. The summed E-state index contributed by atoms with van der Waals surface area (Å²) in [6.07, 6.45) is 5.17. The van der Waals surface area contributed by atoms with E-state index in [4.69, 9.17) is 14.2 Å². The van der Waals surface area contributed by atoms with Crippen molar-refractivity contribution < 1.29 is 19.0 Å². The number of carbonyl (C=O) groups is 1. The average molecular weight is 447 g/mol. The first kappa shape index (κ1) is 20.9. The van der Waals surface area contributed by atoms with Gasteiger partial charge in [0.15, 0.2) is 11.5 Å². The van der Waals surface area contributed by atoms with E-state index in [1.54, 1.807) is 18.5 Å². The number of benzene rings is 2. The van der Waals surface area contributed by atoms with Gasteiger partial charge in [0, 0.05) is 43.3 Å². The van der Waals surface area contributed by atoms with Gasteiger partial charge in [-0.05, 0) is 48.7 Å². The molecule has 0 saturated carbocycles. The molecule has 1 fully saturated rings. The van der Waals surface area contributed by atoms with Gasteiger partial charge in [-0.3, -0.25) is 0 Å². The van der Waals surface area contributed by atoms with Crippen molar-refractivity contribution >= 4 is 17.7 Å². The molecule has 1 saturated heterocycles. The highest BCUT2D eigenvalue weighted by molar-refractivity contribution is 5.89. The van der Waals surface area contributed by atoms with Gasteiger partial charge in [-0.15, -0.1) is 0 Å². The first-order valence-electron chi connectivity index (χ1n) is 10.9. The van der Waals surface area contributed by atoms with Crippen molar-refractivity contribution in [2.45, 2.75) is 25.5 Å². The van der Waals surface area contributed by atoms with Crippen LogP contribution in [0.25, 0.3) is 0 Å². The smallest absolute Gasteiger partial charge is 0.319 e. The number of nitrogens with zero attached hydrogens (tertiary/aromatic N) is 3. The van der Waals surface area contributed by atoms with Crippen LogP contribution in [0, 0.1) is 0 Å². The van der Waals surface area contributed by atoms with E-state index >= 15 is 0 Å². The van der Waals surface area contributed by atoms with Crippen LogP contribution in [0.4, 0.5) is 16.4 Å². The molecule has 9 nitrogen and oxygen atoms in total. The van der Waals surface area contributed by atoms with Crippen LogP contribution in [0.3, 0.4) is 0 Å². The first-order chi connectivity index (χ1) is 16.2. The number of urea groups is 1. The van der Waals surface area contributed by atoms with E-state index < -0.39 is 0 Å². The van der Waals surface area contributed by atoms with Crippen molar-refractivity contribution in [3.8, 4) is 17.2 Å². The van der Waals surface area contributed by atoms with E-state index in [0.717, 1.165) is 48.9 Å². The molecule has 2 aliphatic rings. The van der Waals surface area contributed by atoms with Gasteiger partial charge in [0.05, 0.1) is 0 Å². The van der Waals surface area contributed by atoms with Crippen molar-refractivity contribution in [2.75, 3.05) is 30.1 Å². The molecule has 2 N–H and O–H groups in total. The fourth-order valence-electron chi connectivity index (χ4n) is 3.90. The lowest BCUT2D eigenvalue weighted by molar-refractivity contribution is 0.173. The van der Waals surface area contributed by atoms with Crippen LogP contribution in [-0.4, -0.2) is 41.9 Å². The zero-order chi connectivity index (χ0) is 22.5. The molecule has 1 aromatic heterocycles. The maximum atomic E-state index is 12.5. The van der Waals surface area contributed by atoms with Crippen LogP contribution in [0.2, 0.25) is 0 Å². The first-order valence-corrected chi connectivity index (χ1v) is 10.9. The minimum atomic E-state index is -0.210. The number of rotatable bonds is 6. The van der Waals surface area contributed by atoms with E-state index in [9.17, 15) is 4.79 Å². The highest BCUT2D eigenvalue weighted by Crippen LogP contribution is 2.35. The molecule has 0 spiro atoms. The van der Waals surface area contributed by atoms with Crippen LogP contribution in [0.5, 0.6) is 17.2 Å². The normalized spacial score (nSPS) is 15.2. The zero-order valence-electron chi connectivity index (χ0n) is 18.1. The lowest BCUT2D eigenvalue weighted by atomic mass is 10.1. The molecule has 2 aromatic carbocycles. The number of amides is 2. The Kier molecular flexibility index (Phi) is 6.10. The molecule has 0 bridgehead atoms. The van der Waals surface area contributed by atoms with Crippen molar-refractivity contribution in [2.24, 2.45) is 0 Å². The van der Waals surface area contributed by atoms with Gasteiger partial charge in [0.1, 0.15) is 12.4 Å². The quantitative estimate of drug-likeness (QED) is 0.596. The molecule has 0 atom stereocenters. The van der Waals surface area contributed by atoms with Crippen LogP contribution < -0.4 is 29.7 Å². The molecule has 2 aliphatic heterocycles. The fourth-order valence-corrected chi connectivity index (χ4v) is 3.90. The zero-order valence-corrected chi connectivity index (χ0v) is 18.1. The van der Waals surface area contributed by atoms with Gasteiger partial charge >= 0.3 is 6.03 Å². The fraction of sp³-hybridized carbons (Fsp3) is 0.292. The Labute approximate surface area is 191 Å². The van der Waals surface area contributed by atoms with Gasteiger partial charge in [-0.2, -0.15) is 0 Å². The van der Waals surface area contributed by atoms with Crippen molar-refractivity contribution in [1.29, 1.82) is 0 Å². The highest BCUT2D eigenvalue weighted by atomic mass is 16.7. The number of aromatic nitrogens is 2. The van der Waals surface area contributed by atoms with Crippen LogP contribution in [0.15, 0.2) is 60.9 Å². The van der Waals surface area contributed by atoms with Crippen molar-refractivity contribution in [3.05, 3.63) is 66.5 Å². The van der Waals surface area contributed by atoms with Crippen molar-refractivity contribution in [1.82, 2.24) is 15.3 Å². The average Bonchev–Trinajstić information content (AvgIpc) is 3.32. The Hall–Kier alpha value is -4.01. The van der Waals surface area contributed by atoms with Crippen LogP contribution in [0.1, 0.15) is 18.4 Å². The summed E-state index contributed by atoms with van der Waals surface area (Å²) in [6.45, 7) is 2.22. The predicted molar refractivity (Wildman–Crippen MR) is 123 cm³/mol. The topological polar surface area (TPSA) is 97.8 Å². The summed E-state index contributed by atoms with van der Waals surface area (Å²) in [5, 5.41) is 5.99. The number of hydrogen-bond acceptors (Lipinski definition) is 7. The number of carbonyl (C=O) groups excluding carboxylic acids is 1. The minimum Gasteiger partial charge on any atom is -0.489 e. The third-order valence-corrected chi connectivity index (χ3v) is 5.60. The lowest BCUT2D eigenvalue weighted by Crippen LogP contribution is -2.46. The highest BCUT2D eigenvalue weighted by Gasteiger charge is 2.22. The van der Waals surface area contributed by atoms with Gasteiger partial charge in [-0.25, -0.2) is 14.8 Å². The van der Waals surface area contributed by atoms with E-state index in [2.05, 4.69) is 25.5 Å². The molecule has 5 rings (SSSR count). The maximum absolute atomic E-state index is 12.5. The Morgan fingerprint density at radius 3 is 2.70 bits per heavy atom. The third kappa shape index (κ3) is 5.25. The van der Waals surface area contributed by atoms with E-state index in [-0.39, 0.29) is 18.9 Å². The molecule has 170 valence electrons. The summed E-state index contributed by atoms with van der Waals surface area (Å²) in [5.41, 5.74) is 1.66. The Balaban J connectivity index is 1.10. The Morgan fingerprint density at radius 2 is 1.85 bits per heavy atom. The number of fused-ring (bicyclic) bond motifs is 1. The van der Waals surface area contributed by atoms with Gasteiger partial charge in [-0.1, -0.05) is 12.1 Å². The number of hydrogen-bond donors (Lipinski definition) is 2.